The standard InChI is InChI=1S/C16H24OSi/c1-4-12-17-18(13-5-2,14-6-3)15-16-10-8-7-9-11-16/h5-11H,2-4,12-15H2,1H3. The van der Waals surface area contributed by atoms with Crippen LogP contribution < -0.4 is 0 Å². The molecule has 98 valence electrons. The van der Waals surface area contributed by atoms with Gasteiger partial charge in [-0.05, 0) is 30.1 Å². The van der Waals surface area contributed by atoms with Crippen molar-refractivity contribution in [2.75, 3.05) is 6.61 Å². The molecule has 0 spiro atoms. The molecule has 0 amide bonds. The van der Waals surface area contributed by atoms with Crippen LogP contribution in [0.15, 0.2) is 55.6 Å². The Kier molecular flexibility index (Phi) is 6.69. The first kappa shape index (κ1) is 14.9. The van der Waals surface area contributed by atoms with Crippen LogP contribution >= 0.6 is 0 Å². The van der Waals surface area contributed by atoms with E-state index in [1.807, 2.05) is 12.2 Å². The van der Waals surface area contributed by atoms with Gasteiger partial charge in [-0.25, -0.2) is 0 Å². The second-order valence-electron chi connectivity index (χ2n) is 4.68. The Morgan fingerprint density at radius 1 is 1.11 bits per heavy atom. The Hall–Kier alpha value is -1.12. The van der Waals surface area contributed by atoms with Crippen LogP contribution in [0.1, 0.15) is 18.9 Å². The third-order valence-corrected chi connectivity index (χ3v) is 6.95. The lowest BCUT2D eigenvalue weighted by molar-refractivity contribution is 0.300. The van der Waals surface area contributed by atoms with E-state index in [1.165, 1.54) is 5.56 Å². The van der Waals surface area contributed by atoms with Crippen LogP contribution in [0, 0.1) is 0 Å². The minimum atomic E-state index is -1.79. The van der Waals surface area contributed by atoms with Crippen LogP contribution in [0.25, 0.3) is 0 Å². The number of hydrogen-bond acceptors (Lipinski definition) is 1. The van der Waals surface area contributed by atoms with Crippen LogP contribution in [0.4, 0.5) is 0 Å². The van der Waals surface area contributed by atoms with Gasteiger partial charge in [0.2, 0.25) is 8.32 Å². The quantitative estimate of drug-likeness (QED) is 0.469. The van der Waals surface area contributed by atoms with Gasteiger partial charge in [0, 0.05) is 6.61 Å². The Balaban J connectivity index is 2.85. The molecule has 0 saturated carbocycles. The molecule has 0 aliphatic heterocycles. The van der Waals surface area contributed by atoms with Gasteiger partial charge in [-0.1, -0.05) is 49.4 Å². The van der Waals surface area contributed by atoms with Crippen LogP contribution in [0.5, 0.6) is 0 Å². The van der Waals surface area contributed by atoms with E-state index in [-0.39, 0.29) is 0 Å². The molecule has 0 fully saturated rings. The highest BCUT2D eigenvalue weighted by molar-refractivity contribution is 6.74. The first-order valence-electron chi connectivity index (χ1n) is 6.66. The summed E-state index contributed by atoms with van der Waals surface area (Å²) in [5.41, 5.74) is 1.36. The summed E-state index contributed by atoms with van der Waals surface area (Å²) in [6, 6.07) is 13.6. The molecule has 0 unspecified atom stereocenters. The molecule has 0 atom stereocenters. The molecule has 2 heteroatoms. The molecule has 1 aromatic carbocycles. The Bertz CT molecular complexity index is 349. The van der Waals surface area contributed by atoms with Gasteiger partial charge in [0.25, 0.3) is 0 Å². The van der Waals surface area contributed by atoms with Crippen molar-refractivity contribution in [3.63, 3.8) is 0 Å². The molecule has 0 aliphatic rings. The molecule has 0 N–H and O–H groups in total. The summed E-state index contributed by atoms with van der Waals surface area (Å²) in [6.45, 7) is 10.8. The van der Waals surface area contributed by atoms with E-state index in [2.05, 4.69) is 50.4 Å². The van der Waals surface area contributed by atoms with Crippen molar-refractivity contribution in [2.24, 2.45) is 0 Å². The maximum atomic E-state index is 6.26. The van der Waals surface area contributed by atoms with E-state index in [1.54, 1.807) is 0 Å². The van der Waals surface area contributed by atoms with Crippen molar-refractivity contribution >= 4 is 8.32 Å². The summed E-state index contributed by atoms with van der Waals surface area (Å²) in [6.07, 6.45) is 5.08. The van der Waals surface area contributed by atoms with Crippen molar-refractivity contribution in [1.29, 1.82) is 0 Å². The maximum Gasteiger partial charge on any atom is 0.204 e. The van der Waals surface area contributed by atoms with Gasteiger partial charge in [-0.2, -0.15) is 0 Å². The molecule has 0 heterocycles. The smallest absolute Gasteiger partial charge is 0.204 e. The fraction of sp³-hybridized carbons (Fsp3) is 0.375. The zero-order chi connectivity index (χ0) is 13.3. The lowest BCUT2D eigenvalue weighted by Gasteiger charge is -2.29. The molecule has 0 bridgehead atoms. The second kappa shape index (κ2) is 8.06. The zero-order valence-corrected chi connectivity index (χ0v) is 12.4. The number of rotatable bonds is 9. The molecule has 0 radical (unpaired) electrons. The fourth-order valence-electron chi connectivity index (χ4n) is 2.21. The fourth-order valence-corrected chi connectivity index (χ4v) is 5.67. The SMILES string of the molecule is C=CC[Si](CC=C)(Cc1ccccc1)OCCC. The number of hydrogen-bond donors (Lipinski definition) is 0. The summed E-state index contributed by atoms with van der Waals surface area (Å²) >= 11 is 0. The van der Waals surface area contributed by atoms with Crippen molar-refractivity contribution in [3.05, 3.63) is 61.2 Å². The second-order valence-corrected chi connectivity index (χ2v) is 8.50. The molecule has 18 heavy (non-hydrogen) atoms. The Morgan fingerprint density at radius 3 is 2.22 bits per heavy atom. The lowest BCUT2D eigenvalue weighted by atomic mass is 10.2. The minimum absolute atomic E-state index is 0.848. The van der Waals surface area contributed by atoms with Gasteiger partial charge < -0.3 is 4.43 Å². The molecule has 0 aliphatic carbocycles. The van der Waals surface area contributed by atoms with E-state index in [9.17, 15) is 0 Å². The normalized spacial score (nSPS) is 11.2. The third-order valence-electron chi connectivity index (χ3n) is 3.01. The van der Waals surface area contributed by atoms with Crippen molar-refractivity contribution in [1.82, 2.24) is 0 Å². The molecular weight excluding hydrogens is 236 g/mol. The zero-order valence-electron chi connectivity index (χ0n) is 11.4. The van der Waals surface area contributed by atoms with E-state index in [0.717, 1.165) is 31.2 Å². The van der Waals surface area contributed by atoms with E-state index >= 15 is 0 Å². The van der Waals surface area contributed by atoms with Gasteiger partial charge in [-0.15, -0.1) is 13.2 Å². The molecule has 1 aromatic rings. The summed E-state index contributed by atoms with van der Waals surface area (Å²) in [7, 11) is -1.79. The Morgan fingerprint density at radius 2 is 1.72 bits per heavy atom. The van der Waals surface area contributed by atoms with Gasteiger partial charge in [0.15, 0.2) is 0 Å². The number of allylic oxidation sites excluding steroid dienone is 2. The minimum Gasteiger partial charge on any atom is -0.416 e. The molecule has 1 nitrogen and oxygen atoms in total. The lowest BCUT2D eigenvalue weighted by Crippen LogP contribution is -2.40. The highest BCUT2D eigenvalue weighted by Crippen LogP contribution is 2.24. The van der Waals surface area contributed by atoms with Crippen molar-refractivity contribution < 1.29 is 4.43 Å². The first-order chi connectivity index (χ1) is 8.76. The summed E-state index contributed by atoms with van der Waals surface area (Å²) in [4.78, 5) is 0. The van der Waals surface area contributed by atoms with Crippen LogP contribution in [-0.2, 0) is 10.5 Å². The van der Waals surface area contributed by atoms with Crippen molar-refractivity contribution in [3.8, 4) is 0 Å². The maximum absolute atomic E-state index is 6.26. The average molecular weight is 260 g/mol. The van der Waals surface area contributed by atoms with Gasteiger partial charge in [0.1, 0.15) is 0 Å². The Labute approximate surface area is 112 Å². The predicted molar refractivity (Wildman–Crippen MR) is 82.2 cm³/mol. The van der Waals surface area contributed by atoms with Gasteiger partial charge in [0.05, 0.1) is 0 Å². The average Bonchev–Trinajstić information content (AvgIpc) is 2.38. The molecule has 1 rings (SSSR count). The molecule has 0 aromatic heterocycles. The summed E-state index contributed by atoms with van der Waals surface area (Å²) < 4.78 is 6.26. The molecular formula is C16H24OSi. The largest absolute Gasteiger partial charge is 0.416 e. The molecule has 0 saturated heterocycles. The van der Waals surface area contributed by atoms with Crippen molar-refractivity contribution in [2.45, 2.75) is 31.5 Å². The van der Waals surface area contributed by atoms with Gasteiger partial charge in [-0.3, -0.25) is 0 Å². The monoisotopic (exact) mass is 260 g/mol. The van der Waals surface area contributed by atoms with E-state index < -0.39 is 8.32 Å². The van der Waals surface area contributed by atoms with Gasteiger partial charge >= 0.3 is 0 Å². The van der Waals surface area contributed by atoms with Crippen LogP contribution in [0.3, 0.4) is 0 Å². The summed E-state index contributed by atoms with van der Waals surface area (Å²) in [5.74, 6) is 0. The summed E-state index contributed by atoms with van der Waals surface area (Å²) in [5, 5.41) is 0. The van der Waals surface area contributed by atoms with Crippen LogP contribution in [-0.4, -0.2) is 14.9 Å². The topological polar surface area (TPSA) is 9.23 Å². The highest BCUT2D eigenvalue weighted by Gasteiger charge is 2.32. The third kappa shape index (κ3) is 4.63. The number of benzene rings is 1. The van der Waals surface area contributed by atoms with E-state index in [0.29, 0.717) is 0 Å². The van der Waals surface area contributed by atoms with Crippen LogP contribution in [0.2, 0.25) is 12.1 Å². The highest BCUT2D eigenvalue weighted by atomic mass is 28.4. The first-order valence-corrected chi connectivity index (χ1v) is 9.19. The predicted octanol–water partition coefficient (Wildman–Crippen LogP) is 4.51. The van der Waals surface area contributed by atoms with E-state index in [4.69, 9.17) is 4.43 Å².